The molecular weight excluding hydrogens is 348 g/mol. The zero-order valence-electron chi connectivity index (χ0n) is 11.9. The highest BCUT2D eigenvalue weighted by Gasteiger charge is 2.18. The molecular formula is C14H15BrN6O. The average Bonchev–Trinajstić information content (AvgIpc) is 3.26. The molecule has 22 heavy (non-hydrogen) atoms. The second-order valence-electron chi connectivity index (χ2n) is 5.47. The highest BCUT2D eigenvalue weighted by Crippen LogP contribution is 2.28. The van der Waals surface area contributed by atoms with Crippen LogP contribution in [-0.2, 0) is 6.54 Å². The van der Waals surface area contributed by atoms with Gasteiger partial charge in [-0.1, -0.05) is 12.8 Å². The van der Waals surface area contributed by atoms with Crippen LogP contribution in [-0.4, -0.2) is 30.0 Å². The number of rotatable bonds is 4. The van der Waals surface area contributed by atoms with Gasteiger partial charge >= 0.3 is 0 Å². The first-order valence-electron chi connectivity index (χ1n) is 7.35. The summed E-state index contributed by atoms with van der Waals surface area (Å²) in [7, 11) is 0. The minimum absolute atomic E-state index is 0.473. The number of aromatic nitrogens is 6. The second-order valence-corrected chi connectivity index (χ2v) is 6.25. The summed E-state index contributed by atoms with van der Waals surface area (Å²) >= 11 is 3.26. The van der Waals surface area contributed by atoms with Crippen LogP contribution in [0.3, 0.4) is 0 Å². The summed E-state index contributed by atoms with van der Waals surface area (Å²) in [5.41, 5.74) is 0.941. The summed E-state index contributed by atoms with van der Waals surface area (Å²) < 4.78 is 8.14. The van der Waals surface area contributed by atoms with Crippen LogP contribution in [0.5, 0.6) is 0 Å². The molecule has 1 saturated carbocycles. The number of furan rings is 1. The van der Waals surface area contributed by atoms with E-state index < -0.39 is 0 Å². The van der Waals surface area contributed by atoms with E-state index in [0.29, 0.717) is 28.8 Å². The van der Waals surface area contributed by atoms with Gasteiger partial charge in [-0.3, -0.25) is 4.68 Å². The van der Waals surface area contributed by atoms with E-state index in [1.807, 2.05) is 12.3 Å². The first kappa shape index (κ1) is 13.7. The Bertz CT molecular complexity index is 770. The second kappa shape index (κ2) is 5.68. The van der Waals surface area contributed by atoms with Gasteiger partial charge in [0.1, 0.15) is 6.54 Å². The molecule has 0 aliphatic heterocycles. The molecule has 7 nitrogen and oxygen atoms in total. The Kier molecular flexibility index (Phi) is 3.53. The first-order chi connectivity index (χ1) is 10.8. The smallest absolute Gasteiger partial charge is 0.240 e. The van der Waals surface area contributed by atoms with Gasteiger partial charge in [-0.05, 0) is 52.2 Å². The van der Waals surface area contributed by atoms with Crippen molar-refractivity contribution in [2.24, 2.45) is 0 Å². The maximum absolute atomic E-state index is 5.42. The maximum atomic E-state index is 5.42. The summed E-state index contributed by atoms with van der Waals surface area (Å²) in [6, 6.07) is 6.18. The van der Waals surface area contributed by atoms with E-state index in [1.54, 1.807) is 12.1 Å². The van der Waals surface area contributed by atoms with Crippen LogP contribution in [0.4, 0.5) is 0 Å². The fraction of sp³-hybridized carbons (Fsp3) is 0.429. The molecule has 3 aromatic rings. The third-order valence-electron chi connectivity index (χ3n) is 3.91. The fourth-order valence-electron chi connectivity index (χ4n) is 2.82. The van der Waals surface area contributed by atoms with E-state index in [4.69, 9.17) is 4.42 Å². The predicted octanol–water partition coefficient (Wildman–Crippen LogP) is 3.06. The Balaban J connectivity index is 1.48. The number of hydrogen-bond donors (Lipinski definition) is 0. The molecule has 3 aromatic heterocycles. The number of tetrazole rings is 1. The van der Waals surface area contributed by atoms with Crippen molar-refractivity contribution in [3.63, 3.8) is 0 Å². The van der Waals surface area contributed by atoms with Gasteiger partial charge in [0, 0.05) is 6.20 Å². The molecule has 4 rings (SSSR count). The molecule has 8 heteroatoms. The lowest BCUT2D eigenvalue weighted by molar-refractivity contribution is 0.457. The lowest BCUT2D eigenvalue weighted by Gasteiger charge is -2.08. The van der Waals surface area contributed by atoms with Crippen LogP contribution < -0.4 is 0 Å². The molecule has 0 atom stereocenters. The van der Waals surface area contributed by atoms with Gasteiger partial charge in [0.25, 0.3) is 0 Å². The molecule has 0 amide bonds. The molecule has 0 N–H and O–H groups in total. The van der Waals surface area contributed by atoms with E-state index in [2.05, 4.69) is 41.1 Å². The van der Waals surface area contributed by atoms with Gasteiger partial charge < -0.3 is 4.42 Å². The van der Waals surface area contributed by atoms with Crippen LogP contribution >= 0.6 is 15.9 Å². The van der Waals surface area contributed by atoms with Crippen LogP contribution in [0.15, 0.2) is 33.5 Å². The van der Waals surface area contributed by atoms with Crippen LogP contribution in [0.25, 0.3) is 11.6 Å². The minimum Gasteiger partial charge on any atom is -0.446 e. The molecule has 3 heterocycles. The van der Waals surface area contributed by atoms with Crippen LogP contribution in [0.2, 0.25) is 0 Å². The van der Waals surface area contributed by atoms with E-state index >= 15 is 0 Å². The van der Waals surface area contributed by atoms with Gasteiger partial charge in [0.15, 0.2) is 10.4 Å². The van der Waals surface area contributed by atoms with Crippen molar-refractivity contribution >= 4 is 15.9 Å². The molecule has 0 saturated heterocycles. The molecule has 0 aromatic carbocycles. The van der Waals surface area contributed by atoms with Gasteiger partial charge in [0.2, 0.25) is 5.82 Å². The van der Waals surface area contributed by atoms with E-state index in [-0.39, 0.29) is 0 Å². The molecule has 1 fully saturated rings. The number of halogens is 1. The van der Waals surface area contributed by atoms with Crippen LogP contribution in [0.1, 0.15) is 37.4 Å². The first-order valence-corrected chi connectivity index (χ1v) is 8.15. The maximum Gasteiger partial charge on any atom is 0.240 e. The quantitative estimate of drug-likeness (QED) is 0.712. The Morgan fingerprint density at radius 3 is 2.82 bits per heavy atom. The minimum atomic E-state index is 0.473. The highest BCUT2D eigenvalue weighted by atomic mass is 79.9. The summed E-state index contributed by atoms with van der Waals surface area (Å²) in [6.07, 6.45) is 7.09. The van der Waals surface area contributed by atoms with Crippen molar-refractivity contribution in [3.05, 3.63) is 34.8 Å². The Morgan fingerprint density at radius 2 is 2.05 bits per heavy atom. The zero-order valence-corrected chi connectivity index (χ0v) is 13.5. The van der Waals surface area contributed by atoms with Gasteiger partial charge in [-0.15, -0.1) is 10.2 Å². The molecule has 0 bridgehead atoms. The lowest BCUT2D eigenvalue weighted by Crippen LogP contribution is -2.08. The third kappa shape index (κ3) is 2.70. The summed E-state index contributed by atoms with van der Waals surface area (Å²) in [4.78, 5) is 1.53. The van der Waals surface area contributed by atoms with E-state index in [1.165, 1.54) is 30.5 Å². The monoisotopic (exact) mass is 362 g/mol. The van der Waals surface area contributed by atoms with Crippen molar-refractivity contribution < 1.29 is 4.42 Å². The fourth-order valence-corrected chi connectivity index (χ4v) is 3.13. The Hall–Kier alpha value is -1.96. The molecule has 1 aliphatic rings. The SMILES string of the molecule is Brc1ccc(-c2nnn(Cc3ccn(C4CCCC4)n3)n2)o1. The number of hydrogen-bond acceptors (Lipinski definition) is 5. The average molecular weight is 363 g/mol. The molecule has 1 aliphatic carbocycles. The van der Waals surface area contributed by atoms with E-state index in [9.17, 15) is 0 Å². The van der Waals surface area contributed by atoms with Crippen molar-refractivity contribution in [1.29, 1.82) is 0 Å². The lowest BCUT2D eigenvalue weighted by atomic mass is 10.3. The number of nitrogens with zero attached hydrogens (tertiary/aromatic N) is 6. The summed E-state index contributed by atoms with van der Waals surface area (Å²) in [6.45, 7) is 0.509. The third-order valence-corrected chi connectivity index (χ3v) is 4.34. The molecule has 0 radical (unpaired) electrons. The van der Waals surface area contributed by atoms with Gasteiger partial charge in [0.05, 0.1) is 11.7 Å². The predicted molar refractivity (Wildman–Crippen MR) is 82.1 cm³/mol. The molecule has 0 spiro atoms. The van der Waals surface area contributed by atoms with Crippen molar-refractivity contribution in [2.45, 2.75) is 38.3 Å². The summed E-state index contributed by atoms with van der Waals surface area (Å²) in [5.74, 6) is 1.07. The molecule has 0 unspecified atom stereocenters. The van der Waals surface area contributed by atoms with E-state index in [0.717, 1.165) is 5.69 Å². The topological polar surface area (TPSA) is 74.6 Å². The molecule has 114 valence electrons. The summed E-state index contributed by atoms with van der Waals surface area (Å²) in [5, 5.41) is 17.0. The standard InChI is InChI=1S/C14H15BrN6O/c15-13-6-5-12(22-13)14-16-19-21(18-14)9-10-7-8-20(17-10)11-3-1-2-4-11/h5-8,11H,1-4,9H2. The van der Waals surface area contributed by atoms with Crippen molar-refractivity contribution in [1.82, 2.24) is 30.0 Å². The largest absolute Gasteiger partial charge is 0.446 e. The van der Waals surface area contributed by atoms with Gasteiger partial charge in [-0.2, -0.15) is 9.90 Å². The van der Waals surface area contributed by atoms with Crippen molar-refractivity contribution in [2.75, 3.05) is 0 Å². The van der Waals surface area contributed by atoms with Crippen molar-refractivity contribution in [3.8, 4) is 11.6 Å². The zero-order chi connectivity index (χ0) is 14.9. The Morgan fingerprint density at radius 1 is 1.18 bits per heavy atom. The Labute approximate surface area is 135 Å². The normalized spacial score (nSPS) is 15.7. The highest BCUT2D eigenvalue weighted by molar-refractivity contribution is 9.10. The van der Waals surface area contributed by atoms with Gasteiger partial charge in [-0.25, -0.2) is 0 Å². The van der Waals surface area contributed by atoms with Crippen LogP contribution in [0, 0.1) is 0 Å².